The van der Waals surface area contributed by atoms with Crippen molar-refractivity contribution >= 4 is 5.91 Å². The average molecular weight is 289 g/mol. The summed E-state index contributed by atoms with van der Waals surface area (Å²) < 4.78 is 2.03. The highest BCUT2D eigenvalue weighted by Crippen LogP contribution is 2.45. The molecule has 1 amide bonds. The van der Waals surface area contributed by atoms with E-state index in [1.807, 2.05) is 52.4 Å². The Bertz CT molecular complexity index is 862. The molecule has 0 spiro atoms. The average Bonchev–Trinajstić information content (AvgIpc) is 3.27. The predicted molar refractivity (Wildman–Crippen MR) is 83.4 cm³/mol. The van der Waals surface area contributed by atoms with Crippen LogP contribution in [0.2, 0.25) is 0 Å². The summed E-state index contributed by atoms with van der Waals surface area (Å²) in [5, 5.41) is 1.90. The molecule has 3 aromatic rings. The Morgan fingerprint density at radius 1 is 1.05 bits per heavy atom. The zero-order valence-electron chi connectivity index (χ0n) is 11.9. The van der Waals surface area contributed by atoms with Crippen LogP contribution in [0.4, 0.5) is 0 Å². The van der Waals surface area contributed by atoms with Crippen LogP contribution in [0.15, 0.2) is 60.9 Å². The van der Waals surface area contributed by atoms with Gasteiger partial charge in [-0.25, -0.2) is 5.01 Å². The molecule has 5 rings (SSSR count). The monoisotopic (exact) mass is 289 g/mol. The van der Waals surface area contributed by atoms with Gasteiger partial charge in [0.2, 0.25) is 0 Å². The number of amides is 1. The van der Waals surface area contributed by atoms with Gasteiger partial charge in [0.25, 0.3) is 5.91 Å². The second-order valence-electron chi connectivity index (χ2n) is 5.94. The largest absolute Gasteiger partial charge is 0.364 e. The minimum absolute atomic E-state index is 0.1000. The van der Waals surface area contributed by atoms with Gasteiger partial charge in [0.1, 0.15) is 0 Å². The third kappa shape index (κ3) is 1.39. The summed E-state index contributed by atoms with van der Waals surface area (Å²) in [5.41, 5.74) is 4.35. The van der Waals surface area contributed by atoms with E-state index in [9.17, 15) is 4.79 Å². The summed E-state index contributed by atoms with van der Waals surface area (Å²) in [4.78, 5) is 16.1. The fourth-order valence-corrected chi connectivity index (χ4v) is 3.90. The van der Waals surface area contributed by atoms with Gasteiger partial charge in [-0.05, 0) is 42.3 Å². The number of nitrogens with zero attached hydrogens (tertiary/aromatic N) is 2. The summed E-state index contributed by atoms with van der Waals surface area (Å²) in [6.07, 6.45) is 4.86. The first-order valence-corrected chi connectivity index (χ1v) is 7.58. The normalized spacial score (nSPS) is 22.4. The summed E-state index contributed by atoms with van der Waals surface area (Å²) >= 11 is 0. The Hall–Kier alpha value is -2.75. The van der Waals surface area contributed by atoms with E-state index in [-0.39, 0.29) is 17.9 Å². The maximum absolute atomic E-state index is 12.8. The number of fused-ring (bicyclic) bond motifs is 5. The zero-order chi connectivity index (χ0) is 14.7. The van der Waals surface area contributed by atoms with Gasteiger partial charge >= 0.3 is 0 Å². The third-order valence-electron chi connectivity index (χ3n) is 4.86. The number of aromatic amines is 1. The maximum Gasteiger partial charge on any atom is 0.273 e. The quantitative estimate of drug-likeness (QED) is 0.734. The van der Waals surface area contributed by atoms with Crippen molar-refractivity contribution in [2.75, 3.05) is 5.01 Å². The van der Waals surface area contributed by atoms with Gasteiger partial charge in [-0.3, -0.25) is 9.47 Å². The highest BCUT2D eigenvalue weighted by atomic mass is 16.2. The van der Waals surface area contributed by atoms with Crippen LogP contribution in [0, 0.1) is 0 Å². The number of nitrogens with one attached hydrogen (secondary N) is 1. The van der Waals surface area contributed by atoms with Crippen molar-refractivity contribution in [1.82, 2.24) is 9.66 Å². The van der Waals surface area contributed by atoms with E-state index in [2.05, 4.69) is 23.2 Å². The molecule has 0 aliphatic carbocycles. The Kier molecular flexibility index (Phi) is 2.23. The van der Waals surface area contributed by atoms with Crippen molar-refractivity contribution in [3.8, 4) is 0 Å². The van der Waals surface area contributed by atoms with E-state index in [1.165, 1.54) is 11.4 Å². The number of aromatic nitrogens is 2. The van der Waals surface area contributed by atoms with Gasteiger partial charge in [0.05, 0.1) is 6.04 Å². The first-order chi connectivity index (χ1) is 10.8. The second-order valence-corrected chi connectivity index (χ2v) is 5.94. The lowest BCUT2D eigenvalue weighted by atomic mass is 9.89. The van der Waals surface area contributed by atoms with E-state index in [0.29, 0.717) is 0 Å². The van der Waals surface area contributed by atoms with Gasteiger partial charge in [-0.2, -0.15) is 0 Å². The molecule has 0 unspecified atom stereocenters. The van der Waals surface area contributed by atoms with E-state index < -0.39 is 0 Å². The predicted octanol–water partition coefficient (Wildman–Crippen LogP) is 3.18. The molecule has 4 nitrogen and oxygen atoms in total. The van der Waals surface area contributed by atoms with Crippen LogP contribution >= 0.6 is 0 Å². The summed E-state index contributed by atoms with van der Waals surface area (Å²) in [6.45, 7) is 0. The van der Waals surface area contributed by atoms with Crippen molar-refractivity contribution in [3.63, 3.8) is 0 Å². The van der Waals surface area contributed by atoms with Gasteiger partial charge in [0, 0.05) is 35.3 Å². The first kappa shape index (κ1) is 11.9. The number of rotatable bonds is 1. The Labute approximate surface area is 128 Å². The van der Waals surface area contributed by atoms with E-state index >= 15 is 0 Å². The lowest BCUT2D eigenvalue weighted by molar-refractivity contribution is 0.0952. The molecule has 22 heavy (non-hydrogen) atoms. The lowest BCUT2D eigenvalue weighted by Gasteiger charge is -2.37. The molecule has 0 saturated carbocycles. The molecule has 4 heterocycles. The first-order valence-electron chi connectivity index (χ1n) is 7.58. The van der Waals surface area contributed by atoms with Gasteiger partial charge in [0.15, 0.2) is 0 Å². The fourth-order valence-electron chi connectivity index (χ4n) is 3.90. The molecule has 0 fully saturated rings. The van der Waals surface area contributed by atoms with Crippen LogP contribution in [0.5, 0.6) is 0 Å². The smallest absolute Gasteiger partial charge is 0.273 e. The van der Waals surface area contributed by atoms with Crippen LogP contribution in [0.1, 0.15) is 45.7 Å². The SMILES string of the molecule is O=C1c2ccccc2[C@H]2C[C@H](c3ccc[nH]3)c3cccn3N12. The van der Waals surface area contributed by atoms with E-state index in [1.54, 1.807) is 0 Å². The van der Waals surface area contributed by atoms with Crippen LogP contribution in [0.3, 0.4) is 0 Å². The van der Waals surface area contributed by atoms with Crippen molar-refractivity contribution in [2.45, 2.75) is 18.4 Å². The molecule has 0 saturated heterocycles. The van der Waals surface area contributed by atoms with Crippen molar-refractivity contribution in [1.29, 1.82) is 0 Å². The van der Waals surface area contributed by atoms with Gasteiger partial charge < -0.3 is 4.98 Å². The van der Waals surface area contributed by atoms with E-state index in [4.69, 9.17) is 0 Å². The van der Waals surface area contributed by atoms with Gasteiger partial charge in [-0.1, -0.05) is 18.2 Å². The number of benzene rings is 1. The van der Waals surface area contributed by atoms with Crippen molar-refractivity contribution < 1.29 is 4.79 Å². The van der Waals surface area contributed by atoms with Crippen LogP contribution < -0.4 is 5.01 Å². The molecule has 0 radical (unpaired) electrons. The Morgan fingerprint density at radius 3 is 2.82 bits per heavy atom. The minimum Gasteiger partial charge on any atom is -0.364 e. The van der Waals surface area contributed by atoms with Crippen LogP contribution in [0.25, 0.3) is 0 Å². The topological polar surface area (TPSA) is 41.0 Å². The van der Waals surface area contributed by atoms with Crippen molar-refractivity contribution in [3.05, 3.63) is 83.4 Å². The molecule has 2 atom stereocenters. The van der Waals surface area contributed by atoms with Crippen LogP contribution in [-0.4, -0.2) is 15.6 Å². The molecule has 4 heteroatoms. The highest BCUT2D eigenvalue weighted by Gasteiger charge is 2.44. The number of carbonyl (C=O) groups excluding carboxylic acids is 1. The molecule has 1 N–H and O–H groups in total. The number of hydrogen-bond donors (Lipinski definition) is 1. The fraction of sp³-hybridized carbons (Fsp3) is 0.167. The second kappa shape index (κ2) is 4.13. The Balaban J connectivity index is 1.71. The molecule has 2 aromatic heterocycles. The van der Waals surface area contributed by atoms with E-state index in [0.717, 1.165) is 17.5 Å². The van der Waals surface area contributed by atoms with Gasteiger partial charge in [-0.15, -0.1) is 0 Å². The molecule has 108 valence electrons. The number of carbonyl (C=O) groups is 1. The molecular formula is C18H15N3O. The third-order valence-corrected chi connectivity index (χ3v) is 4.86. The maximum atomic E-state index is 12.8. The molecule has 2 aliphatic heterocycles. The number of H-pyrrole nitrogens is 1. The molecule has 2 aliphatic rings. The highest BCUT2D eigenvalue weighted by molar-refractivity contribution is 6.06. The molecule has 1 aromatic carbocycles. The molecule has 0 bridgehead atoms. The number of hydrogen-bond acceptors (Lipinski definition) is 1. The van der Waals surface area contributed by atoms with Crippen molar-refractivity contribution in [2.24, 2.45) is 0 Å². The summed E-state index contributed by atoms with van der Waals surface area (Å²) in [6, 6.07) is 16.4. The summed E-state index contributed by atoms with van der Waals surface area (Å²) in [7, 11) is 0. The lowest BCUT2D eigenvalue weighted by Crippen LogP contribution is -2.43. The Morgan fingerprint density at radius 2 is 1.95 bits per heavy atom. The standard InChI is InChI=1S/C18H15N3O/c22-18-13-6-2-1-5-12(13)17-11-14(15-7-3-9-19-15)16-8-4-10-20(16)21(17)18/h1-10,14,17,19H,11H2/t14-,17-/m1/s1. The molecular weight excluding hydrogens is 274 g/mol. The zero-order valence-corrected chi connectivity index (χ0v) is 11.9. The minimum atomic E-state index is 0.1000. The van der Waals surface area contributed by atoms with Crippen LogP contribution in [-0.2, 0) is 0 Å². The summed E-state index contributed by atoms with van der Waals surface area (Å²) in [5.74, 6) is 0.383.